The second kappa shape index (κ2) is 5.27. The molecule has 0 bridgehead atoms. The second-order valence-corrected chi connectivity index (χ2v) is 4.98. The molecule has 20 heavy (non-hydrogen) atoms. The van der Waals surface area contributed by atoms with Gasteiger partial charge in [-0.3, -0.25) is 0 Å². The van der Waals surface area contributed by atoms with Crippen molar-refractivity contribution in [2.75, 3.05) is 7.05 Å². The summed E-state index contributed by atoms with van der Waals surface area (Å²) in [6.45, 7) is 0. The SMILES string of the molecule is CNC(c1cc2ccccc2o1)c1cc(F)ccc1Cl. The summed E-state index contributed by atoms with van der Waals surface area (Å²) >= 11 is 6.17. The van der Waals surface area contributed by atoms with Crippen molar-refractivity contribution in [3.05, 3.63) is 70.7 Å². The molecule has 3 aromatic rings. The summed E-state index contributed by atoms with van der Waals surface area (Å²) in [5.74, 6) is 0.391. The van der Waals surface area contributed by atoms with Crippen molar-refractivity contribution in [2.24, 2.45) is 0 Å². The zero-order valence-corrected chi connectivity index (χ0v) is 11.6. The number of halogens is 2. The molecule has 0 saturated carbocycles. The molecule has 2 nitrogen and oxygen atoms in total. The van der Waals surface area contributed by atoms with Crippen molar-refractivity contribution in [1.82, 2.24) is 5.32 Å². The zero-order chi connectivity index (χ0) is 14.1. The van der Waals surface area contributed by atoms with Crippen LogP contribution in [0.5, 0.6) is 0 Å². The minimum Gasteiger partial charge on any atom is -0.459 e. The first-order valence-electron chi connectivity index (χ1n) is 6.29. The number of hydrogen-bond acceptors (Lipinski definition) is 2. The first-order chi connectivity index (χ1) is 9.69. The Bertz CT molecular complexity index is 720. The molecule has 1 aromatic heterocycles. The van der Waals surface area contributed by atoms with Crippen LogP contribution in [0.1, 0.15) is 17.4 Å². The summed E-state index contributed by atoms with van der Waals surface area (Å²) in [7, 11) is 1.79. The van der Waals surface area contributed by atoms with Crippen LogP contribution in [0.15, 0.2) is 52.9 Å². The Kier molecular flexibility index (Phi) is 3.47. The van der Waals surface area contributed by atoms with E-state index in [1.807, 2.05) is 30.3 Å². The van der Waals surface area contributed by atoms with Crippen LogP contribution in [-0.4, -0.2) is 7.05 Å². The van der Waals surface area contributed by atoms with E-state index in [-0.39, 0.29) is 11.9 Å². The highest BCUT2D eigenvalue weighted by Crippen LogP contribution is 2.32. The summed E-state index contributed by atoms with van der Waals surface area (Å²) in [6.07, 6.45) is 0. The first-order valence-corrected chi connectivity index (χ1v) is 6.67. The molecule has 0 aliphatic carbocycles. The van der Waals surface area contributed by atoms with Gasteiger partial charge in [-0.05, 0) is 42.9 Å². The van der Waals surface area contributed by atoms with Gasteiger partial charge in [0.2, 0.25) is 0 Å². The summed E-state index contributed by atoms with van der Waals surface area (Å²) in [5, 5.41) is 4.63. The smallest absolute Gasteiger partial charge is 0.134 e. The second-order valence-electron chi connectivity index (χ2n) is 4.57. The fourth-order valence-electron chi connectivity index (χ4n) is 2.33. The molecule has 0 aliphatic rings. The molecule has 3 rings (SSSR count). The van der Waals surface area contributed by atoms with Gasteiger partial charge in [-0.1, -0.05) is 29.8 Å². The fourth-order valence-corrected chi connectivity index (χ4v) is 2.56. The lowest BCUT2D eigenvalue weighted by molar-refractivity contribution is 0.490. The largest absolute Gasteiger partial charge is 0.459 e. The quantitative estimate of drug-likeness (QED) is 0.766. The van der Waals surface area contributed by atoms with E-state index in [2.05, 4.69) is 5.32 Å². The Balaban J connectivity index is 2.11. The maximum absolute atomic E-state index is 13.4. The summed E-state index contributed by atoms with van der Waals surface area (Å²) < 4.78 is 19.3. The maximum atomic E-state index is 13.4. The third-order valence-corrected chi connectivity index (χ3v) is 3.63. The van der Waals surface area contributed by atoms with Gasteiger partial charge in [0.1, 0.15) is 17.2 Å². The zero-order valence-electron chi connectivity index (χ0n) is 10.9. The molecule has 1 atom stereocenters. The van der Waals surface area contributed by atoms with Gasteiger partial charge in [-0.15, -0.1) is 0 Å². The van der Waals surface area contributed by atoms with E-state index in [0.29, 0.717) is 16.3 Å². The number of fused-ring (bicyclic) bond motifs is 1. The van der Waals surface area contributed by atoms with Crippen LogP contribution >= 0.6 is 11.6 Å². The van der Waals surface area contributed by atoms with E-state index < -0.39 is 0 Å². The van der Waals surface area contributed by atoms with Crippen LogP contribution in [-0.2, 0) is 0 Å². The molecule has 0 fully saturated rings. The Morgan fingerprint density at radius 1 is 1.15 bits per heavy atom. The monoisotopic (exact) mass is 289 g/mol. The molecule has 0 saturated heterocycles. The molecular formula is C16H13ClFNO. The molecule has 102 valence electrons. The Labute approximate surface area is 121 Å². The summed E-state index contributed by atoms with van der Waals surface area (Å²) in [5.41, 5.74) is 1.46. The van der Waals surface area contributed by atoms with Crippen molar-refractivity contribution in [1.29, 1.82) is 0 Å². The van der Waals surface area contributed by atoms with Crippen molar-refractivity contribution < 1.29 is 8.81 Å². The van der Waals surface area contributed by atoms with Crippen LogP contribution < -0.4 is 5.32 Å². The lowest BCUT2D eigenvalue weighted by atomic mass is 10.0. The Morgan fingerprint density at radius 3 is 2.70 bits per heavy atom. The number of furan rings is 1. The third kappa shape index (κ3) is 2.30. The Morgan fingerprint density at radius 2 is 1.95 bits per heavy atom. The molecule has 1 unspecified atom stereocenters. The topological polar surface area (TPSA) is 25.2 Å². The van der Waals surface area contributed by atoms with E-state index >= 15 is 0 Å². The van der Waals surface area contributed by atoms with Gasteiger partial charge in [-0.25, -0.2) is 4.39 Å². The average molecular weight is 290 g/mol. The van der Waals surface area contributed by atoms with Crippen LogP contribution in [0.2, 0.25) is 5.02 Å². The summed E-state index contributed by atoms with van der Waals surface area (Å²) in [4.78, 5) is 0. The van der Waals surface area contributed by atoms with Crippen LogP contribution in [0.25, 0.3) is 11.0 Å². The normalized spacial score (nSPS) is 12.8. The number of nitrogens with one attached hydrogen (secondary N) is 1. The molecular weight excluding hydrogens is 277 g/mol. The molecule has 0 aliphatic heterocycles. The molecule has 0 amide bonds. The third-order valence-electron chi connectivity index (χ3n) is 3.29. The van der Waals surface area contributed by atoms with E-state index in [1.165, 1.54) is 12.1 Å². The van der Waals surface area contributed by atoms with E-state index in [9.17, 15) is 4.39 Å². The number of hydrogen-bond donors (Lipinski definition) is 1. The minimum absolute atomic E-state index is 0.286. The lowest BCUT2D eigenvalue weighted by Crippen LogP contribution is -2.17. The Hall–Kier alpha value is -1.84. The van der Waals surface area contributed by atoms with Crippen molar-refractivity contribution in [3.63, 3.8) is 0 Å². The van der Waals surface area contributed by atoms with Crippen molar-refractivity contribution in [3.8, 4) is 0 Å². The predicted octanol–water partition coefficient (Wildman–Crippen LogP) is 4.53. The maximum Gasteiger partial charge on any atom is 0.134 e. The highest BCUT2D eigenvalue weighted by Gasteiger charge is 2.19. The van der Waals surface area contributed by atoms with Gasteiger partial charge >= 0.3 is 0 Å². The number of para-hydroxylation sites is 1. The van der Waals surface area contributed by atoms with Crippen LogP contribution in [0.3, 0.4) is 0 Å². The summed E-state index contributed by atoms with van der Waals surface area (Å²) in [6, 6.07) is 13.7. The molecule has 1 N–H and O–H groups in total. The van der Waals surface area contributed by atoms with Gasteiger partial charge in [0.05, 0.1) is 6.04 Å². The van der Waals surface area contributed by atoms with E-state index in [1.54, 1.807) is 13.1 Å². The number of benzene rings is 2. The average Bonchev–Trinajstić information content (AvgIpc) is 2.87. The van der Waals surface area contributed by atoms with Crippen molar-refractivity contribution in [2.45, 2.75) is 6.04 Å². The van der Waals surface area contributed by atoms with E-state index in [0.717, 1.165) is 11.0 Å². The first kappa shape index (κ1) is 13.2. The lowest BCUT2D eigenvalue weighted by Gasteiger charge is -2.15. The van der Waals surface area contributed by atoms with Gasteiger partial charge in [-0.2, -0.15) is 0 Å². The number of rotatable bonds is 3. The molecule has 0 spiro atoms. The molecule has 4 heteroatoms. The van der Waals surface area contributed by atoms with Crippen LogP contribution in [0.4, 0.5) is 4.39 Å². The van der Waals surface area contributed by atoms with Gasteiger partial charge in [0, 0.05) is 10.4 Å². The standard InChI is InChI=1S/C16H13ClFNO/c1-19-16(12-9-11(18)6-7-13(12)17)15-8-10-4-2-3-5-14(10)20-15/h2-9,16,19H,1H3. The van der Waals surface area contributed by atoms with Crippen LogP contribution in [0, 0.1) is 5.82 Å². The van der Waals surface area contributed by atoms with E-state index in [4.69, 9.17) is 16.0 Å². The fraction of sp³-hybridized carbons (Fsp3) is 0.125. The van der Waals surface area contributed by atoms with Gasteiger partial charge in [0.25, 0.3) is 0 Å². The molecule has 1 heterocycles. The van der Waals surface area contributed by atoms with Crippen molar-refractivity contribution >= 4 is 22.6 Å². The highest BCUT2D eigenvalue weighted by atomic mass is 35.5. The van der Waals surface area contributed by atoms with Gasteiger partial charge in [0.15, 0.2) is 0 Å². The van der Waals surface area contributed by atoms with Gasteiger partial charge < -0.3 is 9.73 Å². The minimum atomic E-state index is -0.319. The molecule has 0 radical (unpaired) electrons. The highest BCUT2D eigenvalue weighted by molar-refractivity contribution is 6.31. The predicted molar refractivity (Wildman–Crippen MR) is 78.5 cm³/mol. The molecule has 2 aromatic carbocycles.